The summed E-state index contributed by atoms with van der Waals surface area (Å²) in [5.41, 5.74) is -0.0837. The second-order valence-electron chi connectivity index (χ2n) is 5.79. The number of alkyl halides is 3. The van der Waals surface area contributed by atoms with Crippen molar-refractivity contribution in [2.45, 2.75) is 25.6 Å². The van der Waals surface area contributed by atoms with E-state index in [1.807, 2.05) is 0 Å². The van der Waals surface area contributed by atoms with Crippen LogP contribution in [0.25, 0.3) is 10.9 Å². The highest BCUT2D eigenvalue weighted by molar-refractivity contribution is 5.78. The van der Waals surface area contributed by atoms with Crippen molar-refractivity contribution in [1.82, 2.24) is 19.9 Å². The average molecular weight is 340 g/mol. The minimum Gasteiger partial charge on any atom is -0.340 e. The first-order valence-electron chi connectivity index (χ1n) is 7.53. The number of halogens is 3. The summed E-state index contributed by atoms with van der Waals surface area (Å²) in [5, 5.41) is 7.86. The Morgan fingerprint density at radius 3 is 2.79 bits per heavy atom. The molecule has 0 unspecified atom stereocenters. The zero-order valence-electron chi connectivity index (χ0n) is 12.7. The Labute approximate surface area is 134 Å². The van der Waals surface area contributed by atoms with Gasteiger partial charge < -0.3 is 4.90 Å². The van der Waals surface area contributed by atoms with Crippen molar-refractivity contribution in [1.29, 1.82) is 0 Å². The molecule has 9 heteroatoms. The number of aromatic nitrogens is 3. The Bertz CT molecular complexity index is 818. The van der Waals surface area contributed by atoms with E-state index < -0.39 is 30.1 Å². The van der Waals surface area contributed by atoms with Crippen LogP contribution in [0.5, 0.6) is 0 Å². The summed E-state index contributed by atoms with van der Waals surface area (Å²) in [6, 6.07) is 6.55. The summed E-state index contributed by atoms with van der Waals surface area (Å²) >= 11 is 0. The molecule has 0 saturated carbocycles. The lowest BCUT2D eigenvalue weighted by molar-refractivity contribution is -0.188. The molecule has 2 aromatic rings. The first kappa shape index (κ1) is 16.4. The van der Waals surface area contributed by atoms with Crippen LogP contribution in [0.1, 0.15) is 12.8 Å². The maximum atomic E-state index is 12.8. The van der Waals surface area contributed by atoms with Crippen molar-refractivity contribution >= 4 is 16.8 Å². The molecule has 6 nitrogen and oxygen atoms in total. The quantitative estimate of drug-likeness (QED) is 0.833. The molecular weight excluding hydrogens is 325 g/mol. The molecule has 24 heavy (non-hydrogen) atoms. The fourth-order valence-corrected chi connectivity index (χ4v) is 2.83. The minimum absolute atomic E-state index is 0.0169. The number of likely N-dealkylation sites (tertiary alicyclic amines) is 1. The zero-order chi connectivity index (χ0) is 17.3. The van der Waals surface area contributed by atoms with Crippen LogP contribution in [-0.4, -0.2) is 45.1 Å². The number of nitrogens with zero attached hydrogens (tertiary/aromatic N) is 4. The van der Waals surface area contributed by atoms with Gasteiger partial charge in [0.15, 0.2) is 0 Å². The van der Waals surface area contributed by atoms with Crippen molar-refractivity contribution in [3.8, 4) is 0 Å². The Kier molecular flexibility index (Phi) is 4.25. The highest BCUT2D eigenvalue weighted by Crippen LogP contribution is 2.33. The van der Waals surface area contributed by atoms with Crippen LogP contribution in [0.2, 0.25) is 0 Å². The minimum atomic E-state index is -4.32. The first-order chi connectivity index (χ1) is 11.4. The number of piperidine rings is 1. The van der Waals surface area contributed by atoms with E-state index in [1.165, 1.54) is 0 Å². The normalized spacial score (nSPS) is 18.8. The molecule has 0 N–H and O–H groups in total. The zero-order valence-corrected chi connectivity index (χ0v) is 12.7. The van der Waals surface area contributed by atoms with E-state index in [1.54, 1.807) is 24.3 Å². The Hall–Kier alpha value is -2.45. The van der Waals surface area contributed by atoms with Gasteiger partial charge in [-0.05, 0) is 25.0 Å². The number of hydrogen-bond donors (Lipinski definition) is 0. The standard InChI is InChI=1S/C15H15F3N4O2/c16-15(17,18)10-4-3-7-21(8-10)13(23)9-22-14(24)11-5-1-2-6-12(11)19-20-22/h1-2,5-6,10H,3-4,7-9H2/t10-/m0/s1. The van der Waals surface area contributed by atoms with Crippen LogP contribution < -0.4 is 5.56 Å². The summed E-state index contributed by atoms with van der Waals surface area (Å²) in [4.78, 5) is 25.7. The Morgan fingerprint density at radius 1 is 1.29 bits per heavy atom. The summed E-state index contributed by atoms with van der Waals surface area (Å²) < 4.78 is 39.4. The van der Waals surface area contributed by atoms with Gasteiger partial charge in [-0.3, -0.25) is 9.59 Å². The van der Waals surface area contributed by atoms with Gasteiger partial charge in [-0.2, -0.15) is 13.2 Å². The van der Waals surface area contributed by atoms with Gasteiger partial charge in [0.25, 0.3) is 5.56 Å². The van der Waals surface area contributed by atoms with Crippen molar-refractivity contribution in [2.24, 2.45) is 5.92 Å². The predicted molar refractivity (Wildman–Crippen MR) is 79.2 cm³/mol. The molecule has 128 valence electrons. The molecule has 0 radical (unpaired) electrons. The molecule has 1 aliphatic heterocycles. The monoisotopic (exact) mass is 340 g/mol. The lowest BCUT2D eigenvalue weighted by Crippen LogP contribution is -2.46. The first-order valence-corrected chi connectivity index (χ1v) is 7.53. The summed E-state index contributed by atoms with van der Waals surface area (Å²) in [6.45, 7) is -0.541. The predicted octanol–water partition coefficient (Wildman–Crippen LogP) is 1.59. The van der Waals surface area contributed by atoms with E-state index in [2.05, 4.69) is 10.3 Å². The molecule has 1 fully saturated rings. The van der Waals surface area contributed by atoms with Crippen LogP contribution >= 0.6 is 0 Å². The van der Waals surface area contributed by atoms with Crippen molar-refractivity contribution in [3.63, 3.8) is 0 Å². The third kappa shape index (κ3) is 3.24. The van der Waals surface area contributed by atoms with Gasteiger partial charge in [-0.25, -0.2) is 4.68 Å². The fraction of sp³-hybridized carbons (Fsp3) is 0.467. The average Bonchev–Trinajstić information content (AvgIpc) is 2.57. The number of fused-ring (bicyclic) bond motifs is 1. The van der Waals surface area contributed by atoms with Gasteiger partial charge in [0.05, 0.1) is 11.3 Å². The number of carbonyl (C=O) groups is 1. The fourth-order valence-electron chi connectivity index (χ4n) is 2.83. The number of rotatable bonds is 2. The summed E-state index contributed by atoms with van der Waals surface area (Å²) in [6.07, 6.45) is -4.02. The highest BCUT2D eigenvalue weighted by Gasteiger charge is 2.42. The van der Waals surface area contributed by atoms with Crippen LogP contribution in [0, 0.1) is 5.92 Å². The number of amides is 1. The van der Waals surface area contributed by atoms with E-state index in [9.17, 15) is 22.8 Å². The van der Waals surface area contributed by atoms with E-state index in [-0.39, 0.29) is 25.9 Å². The van der Waals surface area contributed by atoms with Gasteiger partial charge in [0, 0.05) is 13.1 Å². The van der Waals surface area contributed by atoms with E-state index in [4.69, 9.17) is 0 Å². The highest BCUT2D eigenvalue weighted by atomic mass is 19.4. The molecule has 1 aromatic carbocycles. The summed E-state index contributed by atoms with van der Waals surface area (Å²) in [5.74, 6) is -2.08. The molecule has 1 aromatic heterocycles. The van der Waals surface area contributed by atoms with Gasteiger partial charge >= 0.3 is 6.18 Å². The topological polar surface area (TPSA) is 68.1 Å². The van der Waals surface area contributed by atoms with Crippen LogP contribution in [0.3, 0.4) is 0 Å². The number of carbonyl (C=O) groups excluding carboxylic acids is 1. The Balaban J connectivity index is 1.78. The molecule has 1 atom stereocenters. The molecule has 1 aliphatic rings. The van der Waals surface area contributed by atoms with Gasteiger partial charge in [-0.1, -0.05) is 17.3 Å². The molecule has 1 saturated heterocycles. The van der Waals surface area contributed by atoms with Crippen LogP contribution in [-0.2, 0) is 11.3 Å². The molecule has 0 aliphatic carbocycles. The van der Waals surface area contributed by atoms with E-state index in [0.717, 1.165) is 9.58 Å². The molecule has 3 rings (SSSR count). The van der Waals surface area contributed by atoms with Crippen LogP contribution in [0.15, 0.2) is 29.1 Å². The largest absolute Gasteiger partial charge is 0.393 e. The lowest BCUT2D eigenvalue weighted by atomic mass is 9.97. The van der Waals surface area contributed by atoms with Crippen molar-refractivity contribution < 1.29 is 18.0 Å². The second-order valence-corrected chi connectivity index (χ2v) is 5.79. The van der Waals surface area contributed by atoms with E-state index in [0.29, 0.717) is 10.9 Å². The van der Waals surface area contributed by atoms with Gasteiger partial charge in [0.1, 0.15) is 12.1 Å². The van der Waals surface area contributed by atoms with Crippen molar-refractivity contribution in [3.05, 3.63) is 34.6 Å². The third-order valence-corrected chi connectivity index (χ3v) is 4.15. The molecule has 1 amide bonds. The molecule has 0 bridgehead atoms. The molecule has 2 heterocycles. The van der Waals surface area contributed by atoms with Crippen molar-refractivity contribution in [2.75, 3.05) is 13.1 Å². The third-order valence-electron chi connectivity index (χ3n) is 4.15. The molecular formula is C15H15F3N4O2. The smallest absolute Gasteiger partial charge is 0.340 e. The lowest BCUT2D eigenvalue weighted by Gasteiger charge is -2.33. The summed E-state index contributed by atoms with van der Waals surface area (Å²) in [7, 11) is 0. The number of hydrogen-bond acceptors (Lipinski definition) is 4. The maximum absolute atomic E-state index is 12.8. The Morgan fingerprint density at radius 2 is 2.04 bits per heavy atom. The van der Waals surface area contributed by atoms with Crippen LogP contribution in [0.4, 0.5) is 13.2 Å². The van der Waals surface area contributed by atoms with Gasteiger partial charge in [0.2, 0.25) is 5.91 Å². The van der Waals surface area contributed by atoms with E-state index >= 15 is 0 Å². The maximum Gasteiger partial charge on any atom is 0.393 e. The second kappa shape index (κ2) is 6.21. The SMILES string of the molecule is O=C(Cn1nnc2ccccc2c1=O)N1CCC[C@H](C(F)(F)F)C1. The van der Waals surface area contributed by atoms with Gasteiger partial charge in [-0.15, -0.1) is 5.10 Å². The number of benzene rings is 1. The molecule has 0 spiro atoms.